The highest BCUT2D eigenvalue weighted by Crippen LogP contribution is 2.26. The fourth-order valence-electron chi connectivity index (χ4n) is 3.06. The Bertz CT molecular complexity index is 1250. The van der Waals surface area contributed by atoms with Crippen LogP contribution in [-0.4, -0.2) is 25.2 Å². The van der Waals surface area contributed by atoms with Gasteiger partial charge in [0.1, 0.15) is 0 Å². The molecule has 3 aromatic carbocycles. The van der Waals surface area contributed by atoms with E-state index >= 15 is 0 Å². The molecule has 168 valence electrons. The third-order valence-electron chi connectivity index (χ3n) is 5.01. The highest BCUT2D eigenvalue weighted by atomic mass is 79.9. The third kappa shape index (κ3) is 5.91. The largest absolute Gasteiger partial charge is 0.325 e. The van der Waals surface area contributed by atoms with Gasteiger partial charge in [-0.1, -0.05) is 57.3 Å². The molecule has 0 aromatic heterocycles. The average molecular weight is 556 g/mol. The van der Waals surface area contributed by atoms with Crippen molar-refractivity contribution in [1.82, 2.24) is 4.31 Å². The minimum absolute atomic E-state index is 0.0744. The van der Waals surface area contributed by atoms with Gasteiger partial charge in [-0.25, -0.2) is 8.42 Å². The lowest BCUT2D eigenvalue weighted by atomic mass is 10.1. The minimum atomic E-state index is -3.99. The summed E-state index contributed by atoms with van der Waals surface area (Å²) in [5.74, 6) is -0.454. The molecule has 0 atom stereocenters. The molecule has 9 heteroatoms. The van der Waals surface area contributed by atoms with Crippen molar-refractivity contribution >= 4 is 60.7 Å². The monoisotopic (exact) mass is 554 g/mol. The van der Waals surface area contributed by atoms with Gasteiger partial charge in [-0.2, -0.15) is 4.31 Å². The Morgan fingerprint density at radius 2 is 1.72 bits per heavy atom. The number of sulfonamides is 1. The molecule has 0 radical (unpaired) electrons. The quantitative estimate of drug-likeness (QED) is 0.377. The number of carbonyl (C=O) groups is 1. The van der Waals surface area contributed by atoms with Crippen molar-refractivity contribution in [2.45, 2.75) is 25.3 Å². The second-order valence-electron chi connectivity index (χ2n) is 7.26. The molecule has 0 aliphatic carbocycles. The first-order chi connectivity index (χ1) is 15.1. The Kier molecular flexibility index (Phi) is 8.01. The fourth-order valence-corrected chi connectivity index (χ4v) is 5.16. The zero-order chi connectivity index (χ0) is 23.5. The first kappa shape index (κ1) is 24.7. The van der Waals surface area contributed by atoms with Crippen molar-refractivity contribution in [2.75, 3.05) is 11.9 Å². The summed E-state index contributed by atoms with van der Waals surface area (Å²) in [4.78, 5) is 12.9. The molecule has 3 rings (SSSR count). The number of anilines is 1. The molecule has 0 aliphatic heterocycles. The van der Waals surface area contributed by atoms with E-state index in [1.807, 2.05) is 26.0 Å². The summed E-state index contributed by atoms with van der Waals surface area (Å²) in [5.41, 5.74) is 3.12. The molecule has 0 saturated heterocycles. The van der Waals surface area contributed by atoms with Gasteiger partial charge in [0.15, 0.2) is 0 Å². The number of hydrogen-bond donors (Lipinski definition) is 1. The Balaban J connectivity index is 1.93. The summed E-state index contributed by atoms with van der Waals surface area (Å²) in [5, 5.41) is 3.58. The SMILES string of the molecule is Cc1cccc(NC(=O)CN(Cc2ccc(Cl)cc2Cl)S(=O)(=O)c2ccc(Br)cc2)c1C. The Labute approximate surface area is 206 Å². The summed E-state index contributed by atoms with van der Waals surface area (Å²) >= 11 is 15.6. The highest BCUT2D eigenvalue weighted by molar-refractivity contribution is 9.10. The van der Waals surface area contributed by atoms with E-state index in [0.717, 1.165) is 19.9 Å². The van der Waals surface area contributed by atoms with Crippen LogP contribution in [0.5, 0.6) is 0 Å². The standard InChI is InChI=1S/C23H21BrCl2N2O3S/c1-15-4-3-5-22(16(15)2)27-23(29)14-28(13-17-6-9-19(25)12-21(17)26)32(30,31)20-10-7-18(24)8-11-20/h3-12H,13-14H2,1-2H3,(H,27,29). The van der Waals surface area contributed by atoms with Gasteiger partial charge in [0.05, 0.1) is 11.4 Å². The fraction of sp³-hybridized carbons (Fsp3) is 0.174. The minimum Gasteiger partial charge on any atom is -0.325 e. The van der Waals surface area contributed by atoms with Gasteiger partial charge in [0.25, 0.3) is 0 Å². The van der Waals surface area contributed by atoms with Crippen molar-refractivity contribution in [3.8, 4) is 0 Å². The molecule has 1 N–H and O–H groups in total. The molecule has 5 nitrogen and oxygen atoms in total. The molecule has 0 saturated carbocycles. The van der Waals surface area contributed by atoms with Gasteiger partial charge in [-0.3, -0.25) is 4.79 Å². The molecule has 32 heavy (non-hydrogen) atoms. The highest BCUT2D eigenvalue weighted by Gasteiger charge is 2.28. The Hall–Kier alpha value is -1.90. The van der Waals surface area contributed by atoms with E-state index in [-0.39, 0.29) is 18.0 Å². The second-order valence-corrected chi connectivity index (χ2v) is 11.0. The van der Waals surface area contributed by atoms with E-state index in [1.54, 1.807) is 36.4 Å². The van der Waals surface area contributed by atoms with Gasteiger partial charge >= 0.3 is 0 Å². The Morgan fingerprint density at radius 1 is 1.03 bits per heavy atom. The van der Waals surface area contributed by atoms with Crippen LogP contribution in [0.1, 0.15) is 16.7 Å². The number of carbonyl (C=O) groups excluding carboxylic acids is 1. The number of rotatable bonds is 7. The number of benzene rings is 3. The number of aryl methyl sites for hydroxylation is 1. The number of nitrogens with one attached hydrogen (secondary N) is 1. The molecule has 0 heterocycles. The molecule has 0 unspecified atom stereocenters. The van der Waals surface area contributed by atoms with Gasteiger partial charge < -0.3 is 5.32 Å². The van der Waals surface area contributed by atoms with Gasteiger partial charge in [-0.15, -0.1) is 0 Å². The van der Waals surface area contributed by atoms with Crippen LogP contribution >= 0.6 is 39.1 Å². The molecule has 0 fully saturated rings. The average Bonchev–Trinajstić information content (AvgIpc) is 2.73. The normalized spacial score (nSPS) is 11.6. The van der Waals surface area contributed by atoms with Crippen LogP contribution in [0, 0.1) is 13.8 Å². The third-order valence-corrected chi connectivity index (χ3v) is 7.93. The molecule has 3 aromatic rings. The zero-order valence-corrected chi connectivity index (χ0v) is 21.3. The molecule has 1 amide bonds. The van der Waals surface area contributed by atoms with Crippen LogP contribution in [-0.2, 0) is 21.4 Å². The van der Waals surface area contributed by atoms with E-state index in [9.17, 15) is 13.2 Å². The van der Waals surface area contributed by atoms with Crippen LogP contribution < -0.4 is 5.32 Å². The molecule has 0 bridgehead atoms. The van der Waals surface area contributed by atoms with Crippen molar-refractivity contribution < 1.29 is 13.2 Å². The first-order valence-electron chi connectivity index (χ1n) is 9.63. The predicted octanol–water partition coefficient (Wildman–Crippen LogP) is 6.20. The number of nitrogens with zero attached hydrogens (tertiary/aromatic N) is 1. The summed E-state index contributed by atoms with van der Waals surface area (Å²) in [7, 11) is -3.99. The summed E-state index contributed by atoms with van der Waals surface area (Å²) in [6, 6.07) is 16.6. The maximum absolute atomic E-state index is 13.4. The van der Waals surface area contributed by atoms with Gasteiger partial charge in [0.2, 0.25) is 15.9 Å². The molecular formula is C23H21BrCl2N2O3S. The topological polar surface area (TPSA) is 66.5 Å². The molecule has 0 aliphatic rings. The van der Waals surface area contributed by atoms with E-state index in [0.29, 0.717) is 21.3 Å². The van der Waals surface area contributed by atoms with E-state index in [4.69, 9.17) is 23.2 Å². The van der Waals surface area contributed by atoms with E-state index in [1.165, 1.54) is 12.1 Å². The van der Waals surface area contributed by atoms with Crippen molar-refractivity contribution in [1.29, 1.82) is 0 Å². The number of amides is 1. The van der Waals surface area contributed by atoms with Crippen molar-refractivity contribution in [3.05, 3.63) is 91.9 Å². The lowest BCUT2D eigenvalue weighted by molar-refractivity contribution is -0.116. The maximum Gasteiger partial charge on any atom is 0.243 e. The Morgan fingerprint density at radius 3 is 2.38 bits per heavy atom. The van der Waals surface area contributed by atoms with Gasteiger partial charge in [-0.05, 0) is 73.0 Å². The van der Waals surface area contributed by atoms with Crippen molar-refractivity contribution in [3.63, 3.8) is 0 Å². The number of hydrogen-bond acceptors (Lipinski definition) is 3. The molecule has 0 spiro atoms. The maximum atomic E-state index is 13.4. The van der Waals surface area contributed by atoms with E-state index < -0.39 is 15.9 Å². The van der Waals surface area contributed by atoms with Crippen LogP contribution in [0.25, 0.3) is 0 Å². The van der Waals surface area contributed by atoms with Crippen LogP contribution in [0.3, 0.4) is 0 Å². The lowest BCUT2D eigenvalue weighted by Gasteiger charge is -2.23. The summed E-state index contributed by atoms with van der Waals surface area (Å²) in [6.45, 7) is 3.37. The van der Waals surface area contributed by atoms with Crippen LogP contribution in [0.15, 0.2) is 70.0 Å². The van der Waals surface area contributed by atoms with Crippen molar-refractivity contribution in [2.24, 2.45) is 0 Å². The summed E-state index contributed by atoms with van der Waals surface area (Å²) in [6.07, 6.45) is 0. The predicted molar refractivity (Wildman–Crippen MR) is 133 cm³/mol. The zero-order valence-electron chi connectivity index (χ0n) is 17.4. The summed E-state index contributed by atoms with van der Waals surface area (Å²) < 4.78 is 28.6. The lowest BCUT2D eigenvalue weighted by Crippen LogP contribution is -2.37. The van der Waals surface area contributed by atoms with Crippen LogP contribution in [0.4, 0.5) is 5.69 Å². The number of halogens is 3. The van der Waals surface area contributed by atoms with Gasteiger partial charge in [0, 0.05) is 26.8 Å². The smallest absolute Gasteiger partial charge is 0.243 e. The van der Waals surface area contributed by atoms with Crippen LogP contribution in [0.2, 0.25) is 10.0 Å². The molecular weight excluding hydrogens is 535 g/mol. The second kappa shape index (κ2) is 10.4. The van der Waals surface area contributed by atoms with E-state index in [2.05, 4.69) is 21.2 Å². The first-order valence-corrected chi connectivity index (χ1v) is 12.6.